The van der Waals surface area contributed by atoms with Gasteiger partial charge in [0.2, 0.25) is 0 Å². The number of nitriles is 1. The van der Waals surface area contributed by atoms with Crippen LogP contribution in [0.25, 0.3) is 0 Å². The molecule has 8 nitrogen and oxygen atoms in total. The Bertz CT molecular complexity index is 745. The van der Waals surface area contributed by atoms with Gasteiger partial charge < -0.3 is 16.3 Å². The number of hydrogen-bond donors (Lipinski definition) is 3. The summed E-state index contributed by atoms with van der Waals surface area (Å²) in [5, 5.41) is 31.4. The predicted molar refractivity (Wildman–Crippen MR) is 72.4 cm³/mol. The summed E-state index contributed by atoms with van der Waals surface area (Å²) in [5.74, 6) is 0.133. The molecule has 0 fully saturated rings. The summed E-state index contributed by atoms with van der Waals surface area (Å²) in [6, 6.07) is 7.60. The van der Waals surface area contributed by atoms with Crippen molar-refractivity contribution in [3.63, 3.8) is 0 Å². The van der Waals surface area contributed by atoms with Crippen molar-refractivity contribution in [2.75, 3.05) is 5.73 Å². The number of hydrogen-bond acceptors (Lipinski definition) is 7. The van der Waals surface area contributed by atoms with E-state index in [1.54, 1.807) is 6.07 Å². The molecule has 0 saturated carbocycles. The molecule has 1 aromatic heterocycles. The zero-order chi connectivity index (χ0) is 14.8. The number of amidine groups is 1. The Morgan fingerprint density at radius 2 is 2.38 bits per heavy atom. The van der Waals surface area contributed by atoms with Gasteiger partial charge in [-0.1, -0.05) is 11.2 Å². The molecule has 0 aliphatic heterocycles. The first kappa shape index (κ1) is 12.9. The van der Waals surface area contributed by atoms with Crippen LogP contribution in [-0.4, -0.2) is 21.4 Å². The predicted octanol–water partition coefficient (Wildman–Crippen LogP) is 0.936. The summed E-state index contributed by atoms with van der Waals surface area (Å²) in [6.45, 7) is 0. The van der Waals surface area contributed by atoms with E-state index < -0.39 is 0 Å². The molecule has 1 unspecified atom stereocenters. The van der Waals surface area contributed by atoms with Gasteiger partial charge in [0.25, 0.3) is 0 Å². The molecule has 2 aromatic rings. The number of nitrogens with two attached hydrogens (primary N) is 1. The van der Waals surface area contributed by atoms with Gasteiger partial charge in [0, 0.05) is 0 Å². The summed E-state index contributed by atoms with van der Waals surface area (Å²) in [4.78, 5) is 0. The Morgan fingerprint density at radius 3 is 3.05 bits per heavy atom. The minimum absolute atomic E-state index is 0.0410. The van der Waals surface area contributed by atoms with Crippen LogP contribution < -0.4 is 11.1 Å². The highest BCUT2D eigenvalue weighted by molar-refractivity contribution is 6.00. The second-order valence-corrected chi connectivity index (χ2v) is 4.71. The monoisotopic (exact) mass is 284 g/mol. The zero-order valence-electron chi connectivity index (χ0n) is 10.9. The van der Waals surface area contributed by atoms with Crippen LogP contribution in [-0.2, 0) is 6.42 Å². The Labute approximate surface area is 119 Å². The van der Waals surface area contributed by atoms with Gasteiger partial charge in [0.1, 0.15) is 0 Å². The Morgan fingerprint density at radius 1 is 1.52 bits per heavy atom. The molecule has 3 rings (SSSR count). The van der Waals surface area contributed by atoms with Crippen molar-refractivity contribution >= 4 is 11.7 Å². The quantitative estimate of drug-likeness (QED) is 0.323. The van der Waals surface area contributed by atoms with Crippen LogP contribution in [0.4, 0.5) is 5.82 Å². The maximum Gasteiger partial charge on any atom is 0.199 e. The Balaban J connectivity index is 1.88. The lowest BCUT2D eigenvalue weighted by Crippen LogP contribution is -2.29. The third kappa shape index (κ3) is 2.25. The highest BCUT2D eigenvalue weighted by Gasteiger charge is 2.26. The average Bonchev–Trinajstić information content (AvgIpc) is 3.10. The van der Waals surface area contributed by atoms with Crippen LogP contribution in [0.5, 0.6) is 0 Å². The molecule has 0 amide bonds. The second-order valence-electron chi connectivity index (χ2n) is 4.71. The van der Waals surface area contributed by atoms with Crippen molar-refractivity contribution < 1.29 is 9.84 Å². The van der Waals surface area contributed by atoms with E-state index in [-0.39, 0.29) is 23.4 Å². The smallest absolute Gasteiger partial charge is 0.199 e. The number of aryl methyl sites for hydroxylation is 1. The summed E-state index contributed by atoms with van der Waals surface area (Å²) >= 11 is 0. The molecule has 1 aliphatic rings. The van der Waals surface area contributed by atoms with Gasteiger partial charge in [-0.2, -0.15) is 5.26 Å². The van der Waals surface area contributed by atoms with Gasteiger partial charge in [-0.05, 0) is 46.4 Å². The lowest BCUT2D eigenvalue weighted by atomic mass is 10.0. The topological polar surface area (TPSA) is 133 Å². The third-order valence-electron chi connectivity index (χ3n) is 3.50. The number of aromatic nitrogens is 2. The molecule has 4 N–H and O–H groups in total. The van der Waals surface area contributed by atoms with E-state index >= 15 is 0 Å². The number of fused-ring (bicyclic) bond motifs is 1. The number of anilines is 1. The minimum Gasteiger partial charge on any atom is -0.409 e. The maximum absolute atomic E-state index is 9.14. The first-order valence-electron chi connectivity index (χ1n) is 6.33. The Hall–Kier alpha value is -3.08. The van der Waals surface area contributed by atoms with E-state index in [9.17, 15) is 0 Å². The van der Waals surface area contributed by atoms with Crippen LogP contribution in [0, 0.1) is 11.3 Å². The van der Waals surface area contributed by atoms with E-state index in [2.05, 4.69) is 31.5 Å². The fourth-order valence-electron chi connectivity index (χ4n) is 2.49. The molecule has 1 heterocycles. The molecule has 1 aliphatic carbocycles. The van der Waals surface area contributed by atoms with Crippen molar-refractivity contribution in [1.29, 1.82) is 5.26 Å². The van der Waals surface area contributed by atoms with E-state index in [4.69, 9.17) is 16.2 Å². The maximum atomic E-state index is 9.14. The molecular weight excluding hydrogens is 272 g/mol. The van der Waals surface area contributed by atoms with Gasteiger partial charge in [0.15, 0.2) is 17.3 Å². The van der Waals surface area contributed by atoms with E-state index in [1.807, 2.05) is 12.1 Å². The largest absolute Gasteiger partial charge is 0.409 e. The summed E-state index contributed by atoms with van der Waals surface area (Å²) in [7, 11) is 0. The molecule has 0 spiro atoms. The summed E-state index contributed by atoms with van der Waals surface area (Å²) in [6.07, 6.45) is 1.69. The molecule has 0 saturated heterocycles. The second kappa shape index (κ2) is 5.13. The fraction of sp³-hybridized carbons (Fsp3) is 0.231. The zero-order valence-corrected chi connectivity index (χ0v) is 10.9. The fourth-order valence-corrected chi connectivity index (χ4v) is 2.49. The van der Waals surface area contributed by atoms with E-state index in [0.717, 1.165) is 24.0 Å². The molecule has 0 bridgehead atoms. The van der Waals surface area contributed by atoms with Crippen LogP contribution in [0.15, 0.2) is 28.0 Å². The lowest BCUT2D eigenvalue weighted by Gasteiger charge is -2.15. The van der Waals surface area contributed by atoms with Crippen molar-refractivity contribution in [3.8, 4) is 6.07 Å². The lowest BCUT2D eigenvalue weighted by molar-refractivity contribution is 0.303. The van der Waals surface area contributed by atoms with Crippen LogP contribution in [0.2, 0.25) is 0 Å². The number of oxime groups is 1. The van der Waals surface area contributed by atoms with Crippen molar-refractivity contribution in [2.45, 2.75) is 18.9 Å². The van der Waals surface area contributed by atoms with Crippen molar-refractivity contribution in [2.24, 2.45) is 5.16 Å². The number of nitrogen functional groups attached to an aromatic ring is 1. The first-order valence-corrected chi connectivity index (χ1v) is 6.33. The molecule has 1 aromatic carbocycles. The van der Waals surface area contributed by atoms with Crippen LogP contribution in [0.1, 0.15) is 34.8 Å². The van der Waals surface area contributed by atoms with Gasteiger partial charge in [-0.3, -0.25) is 0 Å². The van der Waals surface area contributed by atoms with Crippen molar-refractivity contribution in [1.82, 2.24) is 15.6 Å². The van der Waals surface area contributed by atoms with Gasteiger partial charge >= 0.3 is 0 Å². The van der Waals surface area contributed by atoms with Crippen LogP contribution >= 0.6 is 0 Å². The molecular formula is C13H12N6O2. The third-order valence-corrected chi connectivity index (χ3v) is 3.50. The van der Waals surface area contributed by atoms with Crippen LogP contribution in [0.3, 0.4) is 0 Å². The Kier molecular flexibility index (Phi) is 3.16. The highest BCUT2D eigenvalue weighted by Crippen LogP contribution is 2.32. The number of rotatable bonds is 2. The number of nitrogens with one attached hydrogen (secondary N) is 1. The molecule has 106 valence electrons. The van der Waals surface area contributed by atoms with E-state index in [1.165, 1.54) is 0 Å². The molecule has 0 radical (unpaired) electrons. The number of nitrogens with zero attached hydrogens (tertiary/aromatic N) is 4. The number of benzene rings is 1. The summed E-state index contributed by atoms with van der Waals surface area (Å²) < 4.78 is 4.50. The minimum atomic E-state index is -0.0877. The van der Waals surface area contributed by atoms with Crippen molar-refractivity contribution in [3.05, 3.63) is 40.6 Å². The van der Waals surface area contributed by atoms with Gasteiger partial charge in [-0.15, -0.1) is 0 Å². The molecule has 21 heavy (non-hydrogen) atoms. The first-order chi connectivity index (χ1) is 10.2. The molecule has 8 heteroatoms. The highest BCUT2D eigenvalue weighted by atomic mass is 16.6. The van der Waals surface area contributed by atoms with Gasteiger partial charge in [0.05, 0.1) is 17.7 Å². The average molecular weight is 284 g/mol. The van der Waals surface area contributed by atoms with E-state index in [0.29, 0.717) is 5.56 Å². The normalized spacial score (nSPS) is 17.3. The standard InChI is InChI=1S/C13H12N6O2/c14-6-7-1-2-8-3-4-10(9(8)5-7)16-13(17-20)11-12(15)19-21-18-11/h1-2,5,10,20H,3-4H2,(H2,15,19)(H,16,17). The SMILES string of the molecule is N#Cc1ccc2c(c1)C(N/C(=N\O)c1nonc1N)CC2. The van der Waals surface area contributed by atoms with Gasteiger partial charge in [-0.25, -0.2) is 4.63 Å². The molecule has 1 atom stereocenters. The summed E-state index contributed by atoms with van der Waals surface area (Å²) in [5.41, 5.74) is 8.50.